The summed E-state index contributed by atoms with van der Waals surface area (Å²) >= 11 is 0. The zero-order chi connectivity index (χ0) is 22.4. The van der Waals surface area contributed by atoms with Gasteiger partial charge in [0, 0.05) is 12.6 Å². The second kappa shape index (κ2) is 8.02. The van der Waals surface area contributed by atoms with E-state index < -0.39 is 42.2 Å². The minimum Gasteiger partial charge on any atom is -0.390 e. The number of nitrogens with zero attached hydrogens (tertiary/aromatic N) is 5. The number of amides is 1. The molecule has 0 aromatic carbocycles. The van der Waals surface area contributed by atoms with E-state index in [4.69, 9.17) is 0 Å². The predicted molar refractivity (Wildman–Crippen MR) is 108 cm³/mol. The molecule has 1 aliphatic carbocycles. The number of alkyl halides is 1. The number of fused-ring (bicyclic) bond motifs is 1. The first-order chi connectivity index (χ1) is 15.4. The number of hydrogen-bond acceptors (Lipinski definition) is 8. The van der Waals surface area contributed by atoms with Gasteiger partial charge in [0.05, 0.1) is 42.4 Å². The van der Waals surface area contributed by atoms with Gasteiger partial charge in [0.1, 0.15) is 29.8 Å². The molecule has 168 valence electrons. The van der Waals surface area contributed by atoms with Gasteiger partial charge in [-0.05, 0) is 24.5 Å². The molecular weight excluding hydrogens is 424 g/mol. The molecule has 0 spiro atoms. The average Bonchev–Trinajstić information content (AvgIpc) is 3.47. The predicted octanol–water partition coefficient (Wildman–Crippen LogP) is 1.11. The van der Waals surface area contributed by atoms with E-state index in [2.05, 4.69) is 30.5 Å². The number of likely N-dealkylation sites (tertiary alicyclic amines) is 1. The van der Waals surface area contributed by atoms with Crippen LogP contribution < -0.4 is 5.32 Å². The van der Waals surface area contributed by atoms with Crippen molar-refractivity contribution in [3.8, 4) is 0 Å². The number of nitrogens with one attached hydrogen (secondary N) is 2. The summed E-state index contributed by atoms with van der Waals surface area (Å²) < 4.78 is 28.0. The summed E-state index contributed by atoms with van der Waals surface area (Å²) in [5.41, 5.74) is 0.679. The molecule has 0 radical (unpaired) electrons. The van der Waals surface area contributed by atoms with Crippen molar-refractivity contribution in [2.24, 2.45) is 0 Å². The maximum Gasteiger partial charge on any atom is 0.273 e. The van der Waals surface area contributed by atoms with Crippen LogP contribution in [0, 0.1) is 5.82 Å². The molecular formula is C20H21F2N7O3. The topological polar surface area (TPSA) is 140 Å². The molecule has 1 saturated carbocycles. The third-order valence-corrected chi connectivity index (χ3v) is 6.09. The van der Waals surface area contributed by atoms with E-state index in [0.29, 0.717) is 23.8 Å². The van der Waals surface area contributed by atoms with Gasteiger partial charge in [-0.1, -0.05) is 0 Å². The van der Waals surface area contributed by atoms with E-state index in [0.717, 1.165) is 6.20 Å². The van der Waals surface area contributed by atoms with Gasteiger partial charge in [0.2, 0.25) is 0 Å². The zero-order valence-electron chi connectivity index (χ0n) is 16.8. The summed E-state index contributed by atoms with van der Waals surface area (Å²) in [5.74, 6) is -0.835. The van der Waals surface area contributed by atoms with E-state index >= 15 is 0 Å². The summed E-state index contributed by atoms with van der Waals surface area (Å²) in [6.45, 7) is -0.162. The third kappa shape index (κ3) is 3.54. The van der Waals surface area contributed by atoms with Crippen LogP contribution in [-0.2, 0) is 0 Å². The minimum atomic E-state index is -1.27. The fourth-order valence-electron chi connectivity index (χ4n) is 4.49. The molecule has 0 bridgehead atoms. The first kappa shape index (κ1) is 20.6. The van der Waals surface area contributed by atoms with Crippen molar-refractivity contribution in [1.29, 1.82) is 0 Å². The van der Waals surface area contributed by atoms with E-state index in [-0.39, 0.29) is 30.1 Å². The van der Waals surface area contributed by atoms with Gasteiger partial charge in [0.15, 0.2) is 5.65 Å². The lowest BCUT2D eigenvalue weighted by atomic mass is 10.1. The number of carbonyl (C=O) groups is 1. The Labute approximate surface area is 180 Å². The second-order valence-electron chi connectivity index (χ2n) is 8.15. The SMILES string of the molecule is O=C(c1[nH]nc2ncnc(N[C@@H]3CC[C@@H](O)[C@H]3O)c12)N1C[C@@H](F)C[C@@H]1c1cncc(F)c1. The number of aliphatic hydroxyl groups excluding tert-OH is 2. The quantitative estimate of drug-likeness (QED) is 0.468. The summed E-state index contributed by atoms with van der Waals surface area (Å²) in [4.78, 5) is 26.8. The summed E-state index contributed by atoms with van der Waals surface area (Å²) in [6.07, 6.45) is 1.60. The van der Waals surface area contributed by atoms with Crippen molar-refractivity contribution in [2.75, 3.05) is 11.9 Å². The number of hydrogen-bond donors (Lipinski definition) is 4. The van der Waals surface area contributed by atoms with Gasteiger partial charge in [-0.2, -0.15) is 5.10 Å². The van der Waals surface area contributed by atoms with Crippen LogP contribution in [0.25, 0.3) is 11.0 Å². The second-order valence-corrected chi connectivity index (χ2v) is 8.15. The number of aromatic nitrogens is 5. The van der Waals surface area contributed by atoms with Crippen molar-refractivity contribution < 1.29 is 23.8 Å². The van der Waals surface area contributed by atoms with Crippen LogP contribution in [-0.4, -0.2) is 77.1 Å². The fourth-order valence-corrected chi connectivity index (χ4v) is 4.49. The smallest absolute Gasteiger partial charge is 0.273 e. The van der Waals surface area contributed by atoms with Crippen molar-refractivity contribution in [2.45, 2.75) is 49.7 Å². The average molecular weight is 445 g/mol. The lowest BCUT2D eigenvalue weighted by Crippen LogP contribution is -2.35. The fraction of sp³-hybridized carbons (Fsp3) is 0.450. The minimum absolute atomic E-state index is 0.0245. The first-order valence-electron chi connectivity index (χ1n) is 10.3. The number of halogens is 2. The van der Waals surface area contributed by atoms with Crippen LogP contribution in [0.1, 0.15) is 41.4 Å². The number of rotatable bonds is 4. The Morgan fingerprint density at radius 3 is 2.84 bits per heavy atom. The van der Waals surface area contributed by atoms with E-state index in [1.807, 2.05) is 0 Å². The Bertz CT molecular complexity index is 1160. The van der Waals surface area contributed by atoms with Crippen molar-refractivity contribution >= 4 is 22.8 Å². The van der Waals surface area contributed by atoms with E-state index in [1.54, 1.807) is 0 Å². The molecule has 4 N–H and O–H groups in total. The highest BCUT2D eigenvalue weighted by Gasteiger charge is 2.39. The normalized spacial score (nSPS) is 27.9. The van der Waals surface area contributed by atoms with Crippen molar-refractivity contribution in [3.63, 3.8) is 0 Å². The Morgan fingerprint density at radius 2 is 2.09 bits per heavy atom. The van der Waals surface area contributed by atoms with Gasteiger partial charge < -0.3 is 20.4 Å². The molecule has 5 rings (SSSR count). The molecule has 1 aliphatic heterocycles. The Balaban J connectivity index is 1.49. The largest absolute Gasteiger partial charge is 0.390 e. The highest BCUT2D eigenvalue weighted by atomic mass is 19.1. The summed E-state index contributed by atoms with van der Waals surface area (Å²) in [5, 5.41) is 30.1. The molecule has 1 saturated heterocycles. The maximum absolute atomic E-state index is 14.3. The molecule has 2 fully saturated rings. The van der Waals surface area contributed by atoms with E-state index in [1.165, 1.54) is 23.5 Å². The lowest BCUT2D eigenvalue weighted by Gasteiger charge is -2.24. The summed E-state index contributed by atoms with van der Waals surface area (Å²) in [7, 11) is 0. The highest BCUT2D eigenvalue weighted by Crippen LogP contribution is 2.36. The molecule has 5 atom stereocenters. The molecule has 3 aromatic heterocycles. The molecule has 1 amide bonds. The monoisotopic (exact) mass is 445 g/mol. The van der Waals surface area contributed by atoms with Crippen LogP contribution >= 0.6 is 0 Å². The van der Waals surface area contributed by atoms with Gasteiger partial charge in [-0.25, -0.2) is 18.7 Å². The van der Waals surface area contributed by atoms with Gasteiger partial charge >= 0.3 is 0 Å². The number of H-pyrrole nitrogens is 1. The van der Waals surface area contributed by atoms with Crippen LogP contribution in [0.3, 0.4) is 0 Å². The third-order valence-electron chi connectivity index (χ3n) is 6.09. The standard InChI is InChI=1S/C20H21F2N7O3/c21-10-3-9(5-23-6-10)13-4-11(22)7-29(13)20(32)16-15-18(24-8-25-19(15)28-27-16)26-12-1-2-14(30)17(12)31/h3,5-6,8,11-14,17,30-31H,1-2,4,7H2,(H2,24,25,26,27,28)/t11-,12+,13+,14+,17-/m0/s1. The number of pyridine rings is 1. The van der Waals surface area contributed by atoms with Crippen LogP contribution in [0.5, 0.6) is 0 Å². The Hall–Kier alpha value is -3.25. The number of carbonyl (C=O) groups excluding carboxylic acids is 1. The van der Waals surface area contributed by atoms with Crippen LogP contribution in [0.15, 0.2) is 24.8 Å². The molecule has 2 aliphatic rings. The number of anilines is 1. The Kier molecular flexibility index (Phi) is 5.18. The molecule has 32 heavy (non-hydrogen) atoms. The molecule has 3 aromatic rings. The van der Waals surface area contributed by atoms with Gasteiger partial charge in [-0.15, -0.1) is 0 Å². The van der Waals surface area contributed by atoms with Crippen LogP contribution in [0.2, 0.25) is 0 Å². The first-order valence-corrected chi connectivity index (χ1v) is 10.3. The van der Waals surface area contributed by atoms with E-state index in [9.17, 15) is 23.8 Å². The molecule has 12 heteroatoms. The molecule has 10 nitrogen and oxygen atoms in total. The number of aromatic amines is 1. The lowest BCUT2D eigenvalue weighted by molar-refractivity contribution is 0.0392. The summed E-state index contributed by atoms with van der Waals surface area (Å²) in [6, 6.07) is 0.0881. The van der Waals surface area contributed by atoms with Gasteiger partial charge in [0.25, 0.3) is 5.91 Å². The Morgan fingerprint density at radius 1 is 1.25 bits per heavy atom. The van der Waals surface area contributed by atoms with Crippen molar-refractivity contribution in [3.05, 3.63) is 41.9 Å². The molecule has 0 unspecified atom stereocenters. The maximum atomic E-state index is 14.3. The number of aliphatic hydroxyl groups is 2. The van der Waals surface area contributed by atoms with Crippen LogP contribution in [0.4, 0.5) is 14.6 Å². The van der Waals surface area contributed by atoms with Gasteiger partial charge in [-0.3, -0.25) is 14.9 Å². The van der Waals surface area contributed by atoms with Crippen molar-refractivity contribution in [1.82, 2.24) is 30.0 Å². The zero-order valence-corrected chi connectivity index (χ0v) is 16.8. The molecule has 4 heterocycles. The highest BCUT2D eigenvalue weighted by molar-refractivity contribution is 6.07.